The summed E-state index contributed by atoms with van der Waals surface area (Å²) in [6.07, 6.45) is 6.71. The van der Waals surface area contributed by atoms with Gasteiger partial charge in [0, 0.05) is 29.1 Å². The van der Waals surface area contributed by atoms with Crippen molar-refractivity contribution in [2.75, 3.05) is 51.0 Å². The molecular weight excluding hydrogens is 573 g/mol. The number of nitrogens with one attached hydrogen (secondary N) is 1. The molecule has 4 aliphatic heterocycles. The van der Waals surface area contributed by atoms with E-state index < -0.39 is 5.82 Å². The number of morpholine rings is 1. The second-order valence-corrected chi connectivity index (χ2v) is 13.0. The molecule has 222 valence electrons. The van der Waals surface area contributed by atoms with Crippen LogP contribution in [0.2, 0.25) is 5.02 Å². The third-order valence-corrected chi connectivity index (χ3v) is 10.1. The molecule has 9 rings (SSSR count). The summed E-state index contributed by atoms with van der Waals surface area (Å²) < 4.78 is 35.5. The Bertz CT molecular complexity index is 1830. The van der Waals surface area contributed by atoms with E-state index in [1.54, 1.807) is 6.20 Å². The van der Waals surface area contributed by atoms with Crippen molar-refractivity contribution in [3.63, 3.8) is 0 Å². The zero-order valence-corrected chi connectivity index (χ0v) is 24.4. The summed E-state index contributed by atoms with van der Waals surface area (Å²) in [6.45, 7) is 8.50. The van der Waals surface area contributed by atoms with Crippen molar-refractivity contribution in [1.82, 2.24) is 30.0 Å². The number of rotatable bonds is 5. The highest BCUT2D eigenvalue weighted by Crippen LogP contribution is 2.51. The zero-order chi connectivity index (χ0) is 28.9. The molecule has 3 saturated heterocycles. The number of halogens is 2. The van der Waals surface area contributed by atoms with E-state index in [4.69, 9.17) is 40.8 Å². The Labute approximate surface area is 252 Å². The summed E-state index contributed by atoms with van der Waals surface area (Å²) >= 11 is 6.82. The molecule has 1 saturated carbocycles. The van der Waals surface area contributed by atoms with E-state index in [9.17, 15) is 0 Å². The van der Waals surface area contributed by atoms with Crippen molar-refractivity contribution < 1.29 is 18.6 Å². The first-order valence-electron chi connectivity index (χ1n) is 15.1. The molecule has 4 aromatic rings. The summed E-state index contributed by atoms with van der Waals surface area (Å²) in [5, 5.41) is 9.01. The second-order valence-electron chi connectivity index (χ2n) is 12.6. The Hall–Kier alpha value is -3.54. The highest BCUT2D eigenvalue weighted by atomic mass is 35.5. The summed E-state index contributed by atoms with van der Waals surface area (Å²) in [7, 11) is 0. The predicted octanol–water partition coefficient (Wildman–Crippen LogP) is 5.01. The first kappa shape index (κ1) is 25.9. The van der Waals surface area contributed by atoms with Crippen molar-refractivity contribution in [3.05, 3.63) is 40.8 Å². The van der Waals surface area contributed by atoms with E-state index in [0.29, 0.717) is 60.6 Å². The van der Waals surface area contributed by atoms with Crippen molar-refractivity contribution in [2.45, 2.75) is 49.6 Å². The number of fused-ring (bicyclic) bond motifs is 4. The maximum Gasteiger partial charge on any atom is 0.319 e. The van der Waals surface area contributed by atoms with Gasteiger partial charge in [-0.15, -0.1) is 0 Å². The molecule has 7 heterocycles. The van der Waals surface area contributed by atoms with Gasteiger partial charge in [0.2, 0.25) is 5.88 Å². The highest BCUT2D eigenvalue weighted by Gasteiger charge is 2.47. The van der Waals surface area contributed by atoms with Crippen LogP contribution in [-0.4, -0.2) is 87.7 Å². The Morgan fingerprint density at radius 1 is 1.21 bits per heavy atom. The quantitative estimate of drug-likeness (QED) is 0.316. The molecule has 12 heteroatoms. The Morgan fingerprint density at radius 3 is 3.00 bits per heavy atom. The van der Waals surface area contributed by atoms with Gasteiger partial charge in [0.25, 0.3) is 0 Å². The lowest BCUT2D eigenvalue weighted by Gasteiger charge is -2.35. The monoisotopic (exact) mass is 603 g/mol. The average Bonchev–Trinajstić information content (AvgIpc) is 3.53. The van der Waals surface area contributed by atoms with Crippen LogP contribution >= 0.6 is 11.6 Å². The van der Waals surface area contributed by atoms with Crippen LogP contribution in [0.1, 0.15) is 43.6 Å². The lowest BCUT2D eigenvalue weighted by atomic mass is 9.94. The van der Waals surface area contributed by atoms with E-state index in [0.717, 1.165) is 61.7 Å². The standard InChI is InChI=1S/C31H31ClFN7O3/c1-16-10-31(5-2-6-39(31)12-16)15-43-30-36-27-24-28(37-30)40-7-8-41-13-18(40)14-42-29(24)35-26(25(27)33)23-19-11-34-38-21(19)9-20(32)22(23)17-3-4-17/h9,11,17-18H,1-8,10,12-15H2,(H,34,38)/t18-,31-/m0/s1. The fourth-order valence-corrected chi connectivity index (χ4v) is 8.00. The van der Waals surface area contributed by atoms with Crippen LogP contribution in [0.15, 0.2) is 24.4 Å². The maximum atomic E-state index is 17.0. The molecule has 43 heavy (non-hydrogen) atoms. The molecule has 0 amide bonds. The fraction of sp³-hybridized carbons (Fsp3) is 0.484. The fourth-order valence-electron chi connectivity index (χ4n) is 7.64. The van der Waals surface area contributed by atoms with Gasteiger partial charge in [-0.05, 0) is 56.2 Å². The van der Waals surface area contributed by atoms with Crippen LogP contribution in [0.4, 0.5) is 10.2 Å². The summed E-state index contributed by atoms with van der Waals surface area (Å²) in [4.78, 5) is 19.0. The van der Waals surface area contributed by atoms with Crippen molar-refractivity contribution in [1.29, 1.82) is 0 Å². The van der Waals surface area contributed by atoms with Crippen molar-refractivity contribution in [3.8, 4) is 23.1 Å². The smallest absolute Gasteiger partial charge is 0.319 e. The highest BCUT2D eigenvalue weighted by molar-refractivity contribution is 6.33. The third-order valence-electron chi connectivity index (χ3n) is 9.79. The molecule has 10 nitrogen and oxygen atoms in total. The molecule has 1 aliphatic carbocycles. The van der Waals surface area contributed by atoms with Crippen molar-refractivity contribution >= 4 is 39.2 Å². The van der Waals surface area contributed by atoms with E-state index in [-0.39, 0.29) is 34.7 Å². The van der Waals surface area contributed by atoms with Crippen LogP contribution in [-0.2, 0) is 4.74 Å². The average molecular weight is 604 g/mol. The number of ether oxygens (including phenoxy) is 3. The number of anilines is 1. The zero-order valence-electron chi connectivity index (χ0n) is 23.7. The number of aromatic amines is 1. The van der Waals surface area contributed by atoms with Crippen LogP contribution in [0.5, 0.6) is 11.9 Å². The van der Waals surface area contributed by atoms with Gasteiger partial charge in [-0.25, -0.2) is 9.37 Å². The number of hydrogen-bond donors (Lipinski definition) is 1. The molecule has 1 N–H and O–H groups in total. The minimum atomic E-state index is -0.552. The van der Waals surface area contributed by atoms with Gasteiger partial charge in [-0.2, -0.15) is 15.1 Å². The second kappa shape index (κ2) is 9.48. The van der Waals surface area contributed by atoms with Gasteiger partial charge in [0.1, 0.15) is 35.6 Å². The summed E-state index contributed by atoms with van der Waals surface area (Å²) in [5.41, 5.74) is 3.62. The summed E-state index contributed by atoms with van der Waals surface area (Å²) in [5.74, 6) is 0.550. The molecule has 0 bridgehead atoms. The molecule has 3 aromatic heterocycles. The molecule has 0 spiro atoms. The first-order valence-corrected chi connectivity index (χ1v) is 15.5. The lowest BCUT2D eigenvalue weighted by Crippen LogP contribution is -2.48. The molecule has 2 atom stereocenters. The number of H-pyrrole nitrogens is 1. The molecule has 5 aliphatic rings. The van der Waals surface area contributed by atoms with Crippen LogP contribution in [0, 0.1) is 5.82 Å². The predicted molar refractivity (Wildman–Crippen MR) is 160 cm³/mol. The van der Waals surface area contributed by atoms with Gasteiger partial charge in [0.05, 0.1) is 36.5 Å². The van der Waals surface area contributed by atoms with E-state index in [2.05, 4.69) is 26.6 Å². The van der Waals surface area contributed by atoms with Crippen LogP contribution in [0.25, 0.3) is 33.1 Å². The Balaban J connectivity index is 1.24. The SMILES string of the molecule is C=C1CN2CCC[C@@]2(COc2nc3c4c(nc(-c5c(C6CC6)c(Cl)cc6[nH]ncc56)c(F)c4n2)OC[C@@H]2COCCN32)C1. The van der Waals surface area contributed by atoms with Crippen molar-refractivity contribution in [2.24, 2.45) is 0 Å². The van der Waals surface area contributed by atoms with E-state index in [1.165, 1.54) is 5.57 Å². The largest absolute Gasteiger partial charge is 0.475 e. The topological polar surface area (TPSA) is 102 Å². The van der Waals surface area contributed by atoms with E-state index in [1.807, 2.05) is 6.07 Å². The van der Waals surface area contributed by atoms with Gasteiger partial charge < -0.3 is 19.1 Å². The molecule has 0 unspecified atom stereocenters. The summed E-state index contributed by atoms with van der Waals surface area (Å²) in [6, 6.07) is 1.91. The maximum absolute atomic E-state index is 17.0. The number of hydrogen-bond acceptors (Lipinski definition) is 9. The first-order chi connectivity index (χ1) is 21.0. The minimum absolute atomic E-state index is 0.101. The molecule has 0 radical (unpaired) electrons. The molecule has 4 fully saturated rings. The molecular formula is C31H31ClFN7O3. The van der Waals surface area contributed by atoms with E-state index >= 15 is 4.39 Å². The van der Waals surface area contributed by atoms with Crippen LogP contribution in [0.3, 0.4) is 0 Å². The molecule has 1 aromatic carbocycles. The number of aromatic nitrogens is 5. The Morgan fingerprint density at radius 2 is 2.12 bits per heavy atom. The van der Waals surface area contributed by atoms with Gasteiger partial charge in [-0.3, -0.25) is 10.00 Å². The van der Waals surface area contributed by atoms with Gasteiger partial charge >= 0.3 is 6.01 Å². The van der Waals surface area contributed by atoms with Crippen LogP contribution < -0.4 is 14.4 Å². The lowest BCUT2D eigenvalue weighted by molar-refractivity contribution is 0.0774. The van der Waals surface area contributed by atoms with Gasteiger partial charge in [-0.1, -0.05) is 23.8 Å². The van der Waals surface area contributed by atoms with Gasteiger partial charge in [0.15, 0.2) is 5.82 Å². The number of nitrogens with zero attached hydrogens (tertiary/aromatic N) is 6. The normalized spacial score (nSPS) is 25.2. The number of benzene rings is 1. The minimum Gasteiger partial charge on any atom is -0.475 e. The Kier molecular flexibility index (Phi) is 5.71. The third kappa shape index (κ3) is 3.97. The number of pyridine rings is 1.